The number of hydrogen-bond acceptors (Lipinski definition) is 4. The number of ether oxygens (including phenoxy) is 2. The van der Waals surface area contributed by atoms with Gasteiger partial charge in [0, 0.05) is 5.92 Å². The van der Waals surface area contributed by atoms with Crippen molar-refractivity contribution in [2.24, 2.45) is 11.8 Å². The van der Waals surface area contributed by atoms with Crippen molar-refractivity contribution in [2.45, 2.75) is 52.0 Å². The summed E-state index contributed by atoms with van der Waals surface area (Å²) in [6.07, 6.45) is 3.66. The third-order valence-electron chi connectivity index (χ3n) is 4.95. The lowest BCUT2D eigenvalue weighted by molar-refractivity contribution is -0.141. The molecule has 0 saturated heterocycles. The average molecular weight is 363 g/mol. The molecular weight excluding hydrogens is 334 g/mol. The number of amides is 1. The Balaban J connectivity index is 1.97. The van der Waals surface area contributed by atoms with Crippen LogP contribution in [-0.4, -0.2) is 30.7 Å². The van der Waals surface area contributed by atoms with Gasteiger partial charge in [-0.3, -0.25) is 9.59 Å². The van der Waals surface area contributed by atoms with Crippen molar-refractivity contribution in [1.82, 2.24) is 5.32 Å². The molecule has 1 fully saturated rings. The highest BCUT2D eigenvalue weighted by Crippen LogP contribution is 2.33. The molecule has 1 aromatic carbocycles. The smallest absolute Gasteiger partial charge is 0.306 e. The second-order valence-electron chi connectivity index (χ2n) is 6.89. The number of rotatable bonds is 9. The maximum absolute atomic E-state index is 12.4. The van der Waals surface area contributed by atoms with E-state index in [0.29, 0.717) is 37.4 Å². The number of carbonyl (C=O) groups excluding carboxylic acids is 1. The molecule has 6 nitrogen and oxygen atoms in total. The standard InChI is InChI=1S/C20H29NO5/c1-4-5-10-26-17-9-8-14(12-18(17)25-3)13(2)21-19(22)15-6-7-16(11-15)20(23)24/h8-9,12-13,15-16H,4-7,10-11H2,1-3H3,(H,21,22)(H,23,24)/t13?,15-,16+/m1/s1. The van der Waals surface area contributed by atoms with E-state index in [-0.39, 0.29) is 17.9 Å². The van der Waals surface area contributed by atoms with Gasteiger partial charge in [0.1, 0.15) is 0 Å². The molecule has 6 heteroatoms. The molecule has 1 aromatic rings. The summed E-state index contributed by atoms with van der Waals surface area (Å²) in [6, 6.07) is 5.47. The molecule has 0 aliphatic heterocycles. The van der Waals surface area contributed by atoms with E-state index in [2.05, 4.69) is 12.2 Å². The van der Waals surface area contributed by atoms with Crippen LogP contribution in [0.15, 0.2) is 18.2 Å². The maximum atomic E-state index is 12.4. The zero-order chi connectivity index (χ0) is 19.1. The second-order valence-corrected chi connectivity index (χ2v) is 6.89. The number of carboxylic acid groups (broad SMARTS) is 1. The molecule has 3 atom stereocenters. The van der Waals surface area contributed by atoms with Gasteiger partial charge in [-0.1, -0.05) is 19.4 Å². The molecule has 1 aliphatic rings. The minimum Gasteiger partial charge on any atom is -0.493 e. The maximum Gasteiger partial charge on any atom is 0.306 e. The second kappa shape index (κ2) is 9.46. The quantitative estimate of drug-likeness (QED) is 0.656. The summed E-state index contributed by atoms with van der Waals surface area (Å²) in [5, 5.41) is 12.1. The molecule has 1 amide bonds. The Labute approximate surface area is 154 Å². The van der Waals surface area contributed by atoms with Gasteiger partial charge in [0.25, 0.3) is 0 Å². The van der Waals surface area contributed by atoms with Crippen LogP contribution < -0.4 is 14.8 Å². The Morgan fingerprint density at radius 2 is 2.00 bits per heavy atom. The van der Waals surface area contributed by atoms with Crippen LogP contribution in [0.4, 0.5) is 0 Å². The number of benzene rings is 1. The first-order valence-electron chi connectivity index (χ1n) is 9.30. The molecule has 1 unspecified atom stereocenters. The first kappa shape index (κ1) is 20.1. The summed E-state index contributed by atoms with van der Waals surface area (Å²) in [5.74, 6) is -0.173. The van der Waals surface area contributed by atoms with Crippen molar-refractivity contribution >= 4 is 11.9 Å². The zero-order valence-electron chi connectivity index (χ0n) is 15.8. The topological polar surface area (TPSA) is 84.9 Å². The summed E-state index contributed by atoms with van der Waals surface area (Å²) in [7, 11) is 1.60. The molecule has 0 spiro atoms. The molecule has 0 aromatic heterocycles. The van der Waals surface area contributed by atoms with Crippen molar-refractivity contribution in [1.29, 1.82) is 0 Å². The number of unbranched alkanes of at least 4 members (excludes halogenated alkanes) is 1. The lowest BCUT2D eigenvalue weighted by Gasteiger charge is -2.19. The fraction of sp³-hybridized carbons (Fsp3) is 0.600. The van der Waals surface area contributed by atoms with E-state index in [1.54, 1.807) is 7.11 Å². The molecule has 0 radical (unpaired) electrons. The first-order valence-corrected chi connectivity index (χ1v) is 9.30. The number of carbonyl (C=O) groups is 2. The van der Waals surface area contributed by atoms with Crippen molar-refractivity contribution in [3.63, 3.8) is 0 Å². The third kappa shape index (κ3) is 5.13. The lowest BCUT2D eigenvalue weighted by Crippen LogP contribution is -2.32. The Bertz CT molecular complexity index is 631. The van der Waals surface area contributed by atoms with Crippen LogP contribution in [0.3, 0.4) is 0 Å². The van der Waals surface area contributed by atoms with Gasteiger partial charge in [-0.15, -0.1) is 0 Å². The van der Waals surface area contributed by atoms with Gasteiger partial charge < -0.3 is 19.9 Å². The Kier molecular flexibility index (Phi) is 7.30. The molecular formula is C20H29NO5. The van der Waals surface area contributed by atoms with Gasteiger partial charge in [-0.2, -0.15) is 0 Å². The molecule has 1 aliphatic carbocycles. The van der Waals surface area contributed by atoms with Gasteiger partial charge >= 0.3 is 5.97 Å². The molecule has 26 heavy (non-hydrogen) atoms. The average Bonchev–Trinajstić information content (AvgIpc) is 3.12. The number of nitrogens with one attached hydrogen (secondary N) is 1. The fourth-order valence-corrected chi connectivity index (χ4v) is 3.26. The minimum absolute atomic E-state index is 0.0801. The molecule has 1 saturated carbocycles. The highest BCUT2D eigenvalue weighted by molar-refractivity contribution is 5.81. The SMILES string of the molecule is CCCCOc1ccc(C(C)NC(=O)[C@@H]2CC[C@H](C(=O)O)C2)cc1OC. The van der Waals surface area contributed by atoms with Gasteiger partial charge in [-0.05, 0) is 50.3 Å². The van der Waals surface area contributed by atoms with Crippen LogP contribution in [0.5, 0.6) is 11.5 Å². The van der Waals surface area contributed by atoms with Gasteiger partial charge in [-0.25, -0.2) is 0 Å². The number of carboxylic acids is 1. The minimum atomic E-state index is -0.809. The van der Waals surface area contributed by atoms with Crippen molar-refractivity contribution in [3.05, 3.63) is 23.8 Å². The molecule has 2 rings (SSSR count). The van der Waals surface area contributed by atoms with E-state index in [1.165, 1.54) is 0 Å². The van der Waals surface area contributed by atoms with E-state index in [0.717, 1.165) is 18.4 Å². The fourth-order valence-electron chi connectivity index (χ4n) is 3.26. The first-order chi connectivity index (χ1) is 12.5. The molecule has 0 bridgehead atoms. The predicted molar refractivity (Wildman–Crippen MR) is 98.4 cm³/mol. The van der Waals surface area contributed by atoms with Crippen LogP contribution in [0.1, 0.15) is 57.6 Å². The summed E-state index contributed by atoms with van der Waals surface area (Å²) < 4.78 is 11.1. The van der Waals surface area contributed by atoms with E-state index in [1.807, 2.05) is 25.1 Å². The highest BCUT2D eigenvalue weighted by Gasteiger charge is 2.34. The van der Waals surface area contributed by atoms with Crippen LogP contribution in [0.25, 0.3) is 0 Å². The number of aliphatic carboxylic acids is 1. The van der Waals surface area contributed by atoms with Crippen molar-refractivity contribution in [2.75, 3.05) is 13.7 Å². The van der Waals surface area contributed by atoms with Crippen molar-refractivity contribution < 1.29 is 24.2 Å². The largest absolute Gasteiger partial charge is 0.493 e. The number of hydrogen-bond donors (Lipinski definition) is 2. The summed E-state index contributed by atoms with van der Waals surface area (Å²) in [4.78, 5) is 23.5. The number of methoxy groups -OCH3 is 1. The van der Waals surface area contributed by atoms with Gasteiger partial charge in [0.05, 0.1) is 25.7 Å². The third-order valence-corrected chi connectivity index (χ3v) is 4.95. The zero-order valence-corrected chi connectivity index (χ0v) is 15.8. The van der Waals surface area contributed by atoms with E-state index in [9.17, 15) is 9.59 Å². The van der Waals surface area contributed by atoms with Gasteiger partial charge in [0.15, 0.2) is 11.5 Å². The Hall–Kier alpha value is -2.24. The van der Waals surface area contributed by atoms with Crippen molar-refractivity contribution in [3.8, 4) is 11.5 Å². The van der Waals surface area contributed by atoms with E-state index >= 15 is 0 Å². The normalized spacial score (nSPS) is 20.4. The molecule has 144 valence electrons. The van der Waals surface area contributed by atoms with E-state index in [4.69, 9.17) is 14.6 Å². The highest BCUT2D eigenvalue weighted by atomic mass is 16.5. The Morgan fingerprint density at radius 1 is 1.27 bits per heavy atom. The Morgan fingerprint density at radius 3 is 2.62 bits per heavy atom. The van der Waals surface area contributed by atoms with Crippen LogP contribution in [-0.2, 0) is 9.59 Å². The summed E-state index contributed by atoms with van der Waals surface area (Å²) in [5.41, 5.74) is 0.922. The van der Waals surface area contributed by atoms with E-state index < -0.39 is 11.9 Å². The van der Waals surface area contributed by atoms with Crippen LogP contribution >= 0.6 is 0 Å². The lowest BCUT2D eigenvalue weighted by atomic mass is 10.0. The molecule has 0 heterocycles. The summed E-state index contributed by atoms with van der Waals surface area (Å²) >= 11 is 0. The monoisotopic (exact) mass is 363 g/mol. The molecule has 2 N–H and O–H groups in total. The predicted octanol–water partition coefficient (Wildman–Crippen LogP) is 3.55. The van der Waals surface area contributed by atoms with Crippen LogP contribution in [0, 0.1) is 11.8 Å². The summed E-state index contributed by atoms with van der Waals surface area (Å²) in [6.45, 7) is 4.66. The van der Waals surface area contributed by atoms with Gasteiger partial charge in [0.2, 0.25) is 5.91 Å². The van der Waals surface area contributed by atoms with Crippen LogP contribution in [0.2, 0.25) is 0 Å².